The van der Waals surface area contributed by atoms with Crippen molar-refractivity contribution >= 4 is 21.8 Å². The number of hydrogen-bond acceptors (Lipinski definition) is 4. The van der Waals surface area contributed by atoms with Gasteiger partial charge in [0, 0.05) is 31.2 Å². The molecule has 2 aliphatic carbocycles. The number of hydrogen-bond donors (Lipinski definition) is 1. The van der Waals surface area contributed by atoms with E-state index in [1.807, 2.05) is 0 Å². The van der Waals surface area contributed by atoms with Gasteiger partial charge in [-0.15, -0.1) is 0 Å². The predicted molar refractivity (Wildman–Crippen MR) is 113 cm³/mol. The minimum atomic E-state index is -0.0732. The molecule has 0 aromatic heterocycles. The molecule has 0 radical (unpaired) electrons. The Morgan fingerprint density at radius 3 is 2.29 bits per heavy atom. The number of likely N-dealkylation sites (tertiary alicyclic amines) is 1. The third kappa shape index (κ3) is 3.90. The highest BCUT2D eigenvalue weighted by molar-refractivity contribution is 9.10. The van der Waals surface area contributed by atoms with Gasteiger partial charge in [-0.2, -0.15) is 0 Å². The number of halogens is 1. The van der Waals surface area contributed by atoms with E-state index in [4.69, 9.17) is 9.47 Å². The lowest BCUT2D eigenvalue weighted by molar-refractivity contribution is 0.0346. The van der Waals surface area contributed by atoms with Gasteiger partial charge < -0.3 is 14.8 Å². The van der Waals surface area contributed by atoms with Crippen molar-refractivity contribution in [3.8, 4) is 11.5 Å². The summed E-state index contributed by atoms with van der Waals surface area (Å²) in [6.07, 6.45) is 9.42. The van der Waals surface area contributed by atoms with E-state index in [0.717, 1.165) is 41.9 Å². The molecule has 1 saturated heterocycles. The van der Waals surface area contributed by atoms with E-state index in [0.29, 0.717) is 17.1 Å². The van der Waals surface area contributed by atoms with E-state index in [-0.39, 0.29) is 11.9 Å². The van der Waals surface area contributed by atoms with Gasteiger partial charge in [-0.3, -0.25) is 9.69 Å². The highest BCUT2D eigenvalue weighted by Crippen LogP contribution is 2.43. The van der Waals surface area contributed by atoms with Crippen LogP contribution in [0.3, 0.4) is 0 Å². The first kappa shape index (κ1) is 20.0. The molecule has 1 aromatic rings. The van der Waals surface area contributed by atoms with Crippen LogP contribution in [0.2, 0.25) is 0 Å². The van der Waals surface area contributed by atoms with Crippen LogP contribution < -0.4 is 14.8 Å². The molecule has 0 unspecified atom stereocenters. The van der Waals surface area contributed by atoms with Gasteiger partial charge in [0.2, 0.25) is 0 Å². The molecule has 28 heavy (non-hydrogen) atoms. The first-order valence-corrected chi connectivity index (χ1v) is 11.4. The van der Waals surface area contributed by atoms with Gasteiger partial charge in [-0.05, 0) is 65.9 Å². The summed E-state index contributed by atoms with van der Waals surface area (Å²) < 4.78 is 11.5. The number of carbonyl (C=O) groups excluding carboxylic acids is 1. The van der Waals surface area contributed by atoms with Crippen molar-refractivity contribution in [1.29, 1.82) is 0 Å². The molecule has 1 amide bonds. The molecule has 6 heteroatoms. The van der Waals surface area contributed by atoms with E-state index in [1.54, 1.807) is 26.4 Å². The maximum Gasteiger partial charge on any atom is 0.255 e. The minimum Gasteiger partial charge on any atom is -0.496 e. The Hall–Kier alpha value is -1.27. The van der Waals surface area contributed by atoms with Crippen molar-refractivity contribution < 1.29 is 14.3 Å². The number of nitrogens with zero attached hydrogens (tertiary/aromatic N) is 1. The minimum absolute atomic E-state index is 0.0732. The number of carbonyl (C=O) groups is 1. The number of rotatable bonds is 5. The van der Waals surface area contributed by atoms with Crippen LogP contribution in [0.1, 0.15) is 55.3 Å². The van der Waals surface area contributed by atoms with Crippen molar-refractivity contribution in [1.82, 2.24) is 10.2 Å². The second-order valence-electron chi connectivity index (χ2n) is 8.51. The zero-order chi connectivity index (χ0) is 19.7. The van der Waals surface area contributed by atoms with Crippen LogP contribution in [0.15, 0.2) is 16.6 Å². The van der Waals surface area contributed by atoms with E-state index in [2.05, 4.69) is 26.1 Å². The Balaban J connectivity index is 1.42. The number of methoxy groups -OCH3 is 2. The van der Waals surface area contributed by atoms with Crippen LogP contribution in [0.4, 0.5) is 0 Å². The van der Waals surface area contributed by atoms with Crippen molar-refractivity contribution in [2.45, 2.75) is 57.0 Å². The summed E-state index contributed by atoms with van der Waals surface area (Å²) in [4.78, 5) is 15.6. The summed E-state index contributed by atoms with van der Waals surface area (Å²) in [6, 6.07) is 4.49. The van der Waals surface area contributed by atoms with E-state index < -0.39 is 0 Å². The largest absolute Gasteiger partial charge is 0.496 e. The van der Waals surface area contributed by atoms with Gasteiger partial charge in [0.15, 0.2) is 0 Å². The van der Waals surface area contributed by atoms with Gasteiger partial charge in [-0.25, -0.2) is 0 Å². The fourth-order valence-electron chi connectivity index (χ4n) is 5.71. The SMILES string of the molecule is COc1cc(OC)c(C(=O)N[C@H]2CCN(C3C4CCCC3CCC4)C2)cc1Br. The number of amides is 1. The number of benzene rings is 1. The van der Waals surface area contributed by atoms with Gasteiger partial charge in [0.1, 0.15) is 11.5 Å². The fraction of sp³-hybridized carbons (Fsp3) is 0.682. The first-order valence-electron chi connectivity index (χ1n) is 10.6. The highest BCUT2D eigenvalue weighted by Gasteiger charge is 2.42. The van der Waals surface area contributed by atoms with Crippen LogP contribution >= 0.6 is 15.9 Å². The standard InChI is InChI=1S/C22H31BrN2O3/c1-27-19-12-20(28-2)18(23)11-17(19)22(26)24-16-9-10-25(13-16)21-14-5-3-6-15(21)8-4-7-14/h11-12,14-16,21H,3-10,13H2,1-2H3,(H,24,26)/t14?,15?,16-,21?/m0/s1. The summed E-state index contributed by atoms with van der Waals surface area (Å²) in [6.45, 7) is 2.08. The second-order valence-corrected chi connectivity index (χ2v) is 9.37. The van der Waals surface area contributed by atoms with Crippen LogP contribution in [0.5, 0.6) is 11.5 Å². The first-order chi connectivity index (χ1) is 13.6. The molecule has 1 atom stereocenters. The average molecular weight is 451 g/mol. The summed E-state index contributed by atoms with van der Waals surface area (Å²) >= 11 is 3.47. The Bertz CT molecular complexity index is 704. The maximum atomic E-state index is 12.9. The molecule has 0 spiro atoms. The monoisotopic (exact) mass is 450 g/mol. The molecule has 2 saturated carbocycles. The average Bonchev–Trinajstić information content (AvgIpc) is 3.15. The molecule has 154 valence electrons. The van der Waals surface area contributed by atoms with E-state index in [1.165, 1.54) is 38.5 Å². The zero-order valence-electron chi connectivity index (χ0n) is 16.9. The molecule has 4 rings (SSSR count). The van der Waals surface area contributed by atoms with Crippen molar-refractivity contribution in [2.75, 3.05) is 27.3 Å². The zero-order valence-corrected chi connectivity index (χ0v) is 18.5. The third-order valence-corrected chi connectivity index (χ3v) is 7.58. The lowest BCUT2D eigenvalue weighted by Crippen LogP contribution is -2.50. The summed E-state index contributed by atoms with van der Waals surface area (Å²) in [5.74, 6) is 2.87. The molecule has 1 aromatic carbocycles. The molecule has 2 bridgehead atoms. The molecule has 1 heterocycles. The number of nitrogens with one attached hydrogen (secondary N) is 1. The lowest BCUT2D eigenvalue weighted by atomic mass is 9.68. The predicted octanol–water partition coefficient (Wildman–Crippen LogP) is 4.24. The Morgan fingerprint density at radius 2 is 1.68 bits per heavy atom. The molecule has 3 aliphatic rings. The Labute approximate surface area is 176 Å². The van der Waals surface area contributed by atoms with Crippen LogP contribution in [0.25, 0.3) is 0 Å². The third-order valence-electron chi connectivity index (χ3n) is 6.96. The van der Waals surface area contributed by atoms with Crippen LogP contribution in [-0.2, 0) is 0 Å². The summed E-state index contributed by atoms with van der Waals surface area (Å²) in [7, 11) is 3.19. The number of fused-ring (bicyclic) bond motifs is 2. The quantitative estimate of drug-likeness (QED) is 0.728. The Morgan fingerprint density at radius 1 is 1.04 bits per heavy atom. The normalized spacial score (nSPS) is 30.1. The summed E-state index contributed by atoms with van der Waals surface area (Å²) in [5.41, 5.74) is 0.545. The topological polar surface area (TPSA) is 50.8 Å². The second kappa shape index (κ2) is 8.62. The molecular weight excluding hydrogens is 420 g/mol. The van der Waals surface area contributed by atoms with E-state index >= 15 is 0 Å². The molecule has 5 nitrogen and oxygen atoms in total. The fourth-order valence-corrected chi connectivity index (χ4v) is 6.22. The molecule has 3 fully saturated rings. The maximum absolute atomic E-state index is 12.9. The van der Waals surface area contributed by atoms with Gasteiger partial charge in [0.25, 0.3) is 5.91 Å². The van der Waals surface area contributed by atoms with E-state index in [9.17, 15) is 4.79 Å². The molecule has 1 aliphatic heterocycles. The Kier molecular flexibility index (Phi) is 6.16. The van der Waals surface area contributed by atoms with Crippen LogP contribution in [-0.4, -0.2) is 50.2 Å². The summed E-state index contributed by atoms with van der Waals surface area (Å²) in [5, 5.41) is 3.25. The van der Waals surface area contributed by atoms with Gasteiger partial charge in [-0.1, -0.05) is 12.8 Å². The van der Waals surface area contributed by atoms with Crippen LogP contribution in [0, 0.1) is 11.8 Å². The molecular formula is C22H31BrN2O3. The van der Waals surface area contributed by atoms with Gasteiger partial charge >= 0.3 is 0 Å². The van der Waals surface area contributed by atoms with Crippen molar-refractivity contribution in [2.24, 2.45) is 11.8 Å². The molecule has 1 N–H and O–H groups in total. The lowest BCUT2D eigenvalue weighted by Gasteiger charge is -2.47. The highest BCUT2D eigenvalue weighted by atomic mass is 79.9. The van der Waals surface area contributed by atoms with Crippen molar-refractivity contribution in [3.63, 3.8) is 0 Å². The number of ether oxygens (including phenoxy) is 2. The smallest absolute Gasteiger partial charge is 0.255 e. The van der Waals surface area contributed by atoms with Gasteiger partial charge in [0.05, 0.1) is 24.3 Å². The van der Waals surface area contributed by atoms with Crippen molar-refractivity contribution in [3.05, 3.63) is 22.2 Å².